The monoisotopic (exact) mass is 529 g/mol. The summed E-state index contributed by atoms with van der Waals surface area (Å²) >= 11 is 0. The molecule has 2 aliphatic heterocycles. The lowest BCUT2D eigenvalue weighted by Gasteiger charge is -2.42. The molecule has 2 fully saturated rings. The van der Waals surface area contributed by atoms with E-state index in [2.05, 4.69) is 82.3 Å². The average molecular weight is 530 g/mol. The zero-order chi connectivity index (χ0) is 27.1. The normalized spacial score (nSPS) is 25.5. The Kier molecular flexibility index (Phi) is 6.51. The van der Waals surface area contributed by atoms with Crippen molar-refractivity contribution in [2.75, 3.05) is 11.9 Å². The van der Waals surface area contributed by atoms with Gasteiger partial charge in [-0.15, -0.1) is 0 Å². The molecular weight excluding hydrogens is 494 g/mol. The molecule has 2 amide bonds. The van der Waals surface area contributed by atoms with Gasteiger partial charge in [0.15, 0.2) is 0 Å². The first kappa shape index (κ1) is 24.9. The predicted molar refractivity (Wildman–Crippen MR) is 159 cm³/mol. The van der Waals surface area contributed by atoms with E-state index in [9.17, 15) is 9.59 Å². The zero-order valence-corrected chi connectivity index (χ0v) is 22.6. The van der Waals surface area contributed by atoms with Crippen LogP contribution in [0.4, 0.5) is 5.69 Å². The first-order chi connectivity index (χ1) is 19.7. The average Bonchev–Trinajstić information content (AvgIpc) is 3.46. The van der Waals surface area contributed by atoms with Gasteiger partial charge in [-0.3, -0.25) is 9.59 Å². The van der Waals surface area contributed by atoms with Gasteiger partial charge in [0.1, 0.15) is 0 Å². The van der Waals surface area contributed by atoms with Crippen molar-refractivity contribution in [3.05, 3.63) is 114 Å². The first-order valence-corrected chi connectivity index (χ1v) is 14.7. The van der Waals surface area contributed by atoms with Gasteiger partial charge in [0.25, 0.3) is 5.91 Å². The summed E-state index contributed by atoms with van der Waals surface area (Å²) in [6.07, 6.45) is 4.66. The van der Waals surface area contributed by atoms with E-state index in [0.717, 1.165) is 44.3 Å². The zero-order valence-electron chi connectivity index (χ0n) is 22.6. The van der Waals surface area contributed by atoms with Crippen LogP contribution in [0.2, 0.25) is 0 Å². The third-order valence-corrected chi connectivity index (χ3v) is 9.34. The summed E-state index contributed by atoms with van der Waals surface area (Å²) in [5.41, 5.74) is 4.25. The van der Waals surface area contributed by atoms with Crippen molar-refractivity contribution in [3.63, 3.8) is 0 Å². The number of para-hydroxylation sites is 1. The van der Waals surface area contributed by atoms with Gasteiger partial charge in [-0.25, -0.2) is 0 Å². The van der Waals surface area contributed by atoms with Crippen molar-refractivity contribution in [1.82, 2.24) is 10.2 Å². The lowest BCUT2D eigenvalue weighted by molar-refractivity contribution is -0.138. The van der Waals surface area contributed by atoms with Crippen LogP contribution >= 0.6 is 0 Å². The summed E-state index contributed by atoms with van der Waals surface area (Å²) < 4.78 is 0. The second kappa shape index (κ2) is 10.5. The Morgan fingerprint density at radius 1 is 0.750 bits per heavy atom. The number of fused-ring (bicyclic) bond motifs is 4. The Bertz CT molecular complexity index is 1550. The molecule has 4 aromatic carbocycles. The number of nitrogens with zero attached hydrogens (tertiary/aromatic N) is 1. The number of amides is 2. The van der Waals surface area contributed by atoms with Crippen LogP contribution in [0.25, 0.3) is 10.8 Å². The minimum absolute atomic E-state index is 0.0151. The predicted octanol–water partition coefficient (Wildman–Crippen LogP) is 6.89. The van der Waals surface area contributed by atoms with Gasteiger partial charge in [0.2, 0.25) is 5.91 Å². The molecule has 5 atom stereocenters. The van der Waals surface area contributed by atoms with Crippen molar-refractivity contribution in [2.45, 2.75) is 50.2 Å². The van der Waals surface area contributed by atoms with Crippen LogP contribution in [0.5, 0.6) is 0 Å². The molecule has 1 saturated heterocycles. The van der Waals surface area contributed by atoms with Crippen LogP contribution in [0.3, 0.4) is 0 Å². The van der Waals surface area contributed by atoms with Crippen molar-refractivity contribution in [3.8, 4) is 0 Å². The van der Waals surface area contributed by atoms with E-state index >= 15 is 0 Å². The Labute approximate surface area is 235 Å². The van der Waals surface area contributed by atoms with E-state index in [-0.39, 0.29) is 41.8 Å². The van der Waals surface area contributed by atoms with Crippen LogP contribution in [-0.4, -0.2) is 29.3 Å². The smallest absolute Gasteiger partial charge is 0.251 e. The number of carbonyl (C=O) groups excluding carboxylic acids is 2. The highest BCUT2D eigenvalue weighted by Gasteiger charge is 2.48. The fourth-order valence-electron chi connectivity index (χ4n) is 7.46. The van der Waals surface area contributed by atoms with E-state index in [1.807, 2.05) is 30.3 Å². The molecular formula is C35H35N3O2. The van der Waals surface area contributed by atoms with Crippen molar-refractivity contribution in [2.24, 2.45) is 11.8 Å². The molecule has 1 saturated carbocycles. The third-order valence-electron chi connectivity index (χ3n) is 9.34. The van der Waals surface area contributed by atoms with Crippen LogP contribution < -0.4 is 10.6 Å². The maximum absolute atomic E-state index is 14.4. The van der Waals surface area contributed by atoms with E-state index < -0.39 is 0 Å². The van der Waals surface area contributed by atoms with Gasteiger partial charge in [-0.1, -0.05) is 91.7 Å². The molecule has 2 N–H and O–H groups in total. The van der Waals surface area contributed by atoms with Crippen LogP contribution in [-0.2, 0) is 4.79 Å². The Hall–Kier alpha value is -4.12. The van der Waals surface area contributed by atoms with Gasteiger partial charge in [-0.2, -0.15) is 0 Å². The van der Waals surface area contributed by atoms with Gasteiger partial charge in [-0.05, 0) is 59.4 Å². The quantitative estimate of drug-likeness (QED) is 0.303. The summed E-state index contributed by atoms with van der Waals surface area (Å²) in [5, 5.41) is 9.61. The van der Waals surface area contributed by atoms with Gasteiger partial charge < -0.3 is 15.5 Å². The van der Waals surface area contributed by atoms with E-state index in [1.54, 1.807) is 0 Å². The highest BCUT2D eigenvalue weighted by atomic mass is 16.2. The molecule has 3 unspecified atom stereocenters. The minimum atomic E-state index is -0.196. The van der Waals surface area contributed by atoms with E-state index in [1.165, 1.54) is 21.9 Å². The Balaban J connectivity index is 1.21. The Morgan fingerprint density at radius 3 is 2.38 bits per heavy atom. The summed E-state index contributed by atoms with van der Waals surface area (Å²) in [5.74, 6) is 0.176. The summed E-state index contributed by atoms with van der Waals surface area (Å²) in [6.45, 7) is 0.737. The maximum atomic E-state index is 14.4. The fraction of sp³-hybridized carbons (Fsp3) is 0.314. The summed E-state index contributed by atoms with van der Waals surface area (Å²) in [4.78, 5) is 29.6. The topological polar surface area (TPSA) is 61.4 Å². The van der Waals surface area contributed by atoms with Crippen LogP contribution in [0, 0.1) is 11.8 Å². The number of nitrogens with one attached hydrogen (secondary N) is 2. The van der Waals surface area contributed by atoms with E-state index in [0.29, 0.717) is 5.56 Å². The number of rotatable bonds is 4. The molecule has 2 heterocycles. The van der Waals surface area contributed by atoms with Gasteiger partial charge >= 0.3 is 0 Å². The molecule has 5 nitrogen and oxygen atoms in total. The summed E-state index contributed by atoms with van der Waals surface area (Å²) in [6, 6.07) is 32.9. The number of hydrogen-bond donors (Lipinski definition) is 2. The second-order valence-corrected chi connectivity index (χ2v) is 11.5. The van der Waals surface area contributed by atoms with E-state index in [4.69, 9.17) is 0 Å². The molecule has 0 spiro atoms. The summed E-state index contributed by atoms with van der Waals surface area (Å²) in [7, 11) is 0. The number of likely N-dealkylation sites (tertiary alicyclic amines) is 1. The number of anilines is 1. The Morgan fingerprint density at radius 2 is 1.48 bits per heavy atom. The molecule has 7 rings (SSSR count). The molecule has 0 radical (unpaired) electrons. The van der Waals surface area contributed by atoms with Gasteiger partial charge in [0, 0.05) is 29.8 Å². The lowest BCUT2D eigenvalue weighted by atomic mass is 9.78. The standard InChI is InChI=1S/C35H35N3O2/c39-34(24-12-2-1-3-13-24)37-31-20-9-7-17-28(31)35(40)38-22-21-29-32(36-30-19-8-6-16-27(30)33(29)38)26-18-10-14-23-11-4-5-15-25(23)26/h1-6,8,10-16,18-19,28-29,31-33,36H,7,9,17,20-22H2,(H,37,39)/t28-,29?,31+,32?,33?/m0/s1. The van der Waals surface area contributed by atoms with Crippen molar-refractivity contribution < 1.29 is 9.59 Å². The third kappa shape index (κ3) is 4.34. The molecule has 1 aliphatic carbocycles. The molecule has 0 aromatic heterocycles. The molecule has 4 aromatic rings. The molecule has 0 bridgehead atoms. The largest absolute Gasteiger partial charge is 0.378 e. The number of hydrogen-bond acceptors (Lipinski definition) is 3. The number of benzene rings is 4. The van der Waals surface area contributed by atoms with Crippen molar-refractivity contribution >= 4 is 28.3 Å². The molecule has 40 heavy (non-hydrogen) atoms. The van der Waals surface area contributed by atoms with Crippen LogP contribution in [0.1, 0.15) is 65.7 Å². The van der Waals surface area contributed by atoms with Gasteiger partial charge in [0.05, 0.1) is 18.0 Å². The fourth-order valence-corrected chi connectivity index (χ4v) is 7.46. The van der Waals surface area contributed by atoms with Crippen molar-refractivity contribution in [1.29, 1.82) is 0 Å². The molecule has 202 valence electrons. The first-order valence-electron chi connectivity index (χ1n) is 14.7. The number of carbonyl (C=O) groups is 2. The highest BCUT2D eigenvalue weighted by molar-refractivity contribution is 5.95. The highest BCUT2D eigenvalue weighted by Crippen LogP contribution is 2.52. The SMILES string of the molecule is O=C(N[C@@H]1CCCC[C@@H]1C(=O)N1CCC2C(c3cccc4ccccc34)Nc3ccccc3C21)c1ccccc1. The molecule has 3 aliphatic rings. The maximum Gasteiger partial charge on any atom is 0.251 e. The minimum Gasteiger partial charge on any atom is -0.378 e. The molecule has 5 heteroatoms. The van der Waals surface area contributed by atoms with Crippen LogP contribution in [0.15, 0.2) is 97.1 Å². The second-order valence-electron chi connectivity index (χ2n) is 11.5. The lowest BCUT2D eigenvalue weighted by Crippen LogP contribution is -2.50.